The molecule has 1 aliphatic heterocycles. The van der Waals surface area contributed by atoms with Gasteiger partial charge in [-0.1, -0.05) is 0 Å². The molecule has 0 amide bonds. The van der Waals surface area contributed by atoms with Gasteiger partial charge in [0.2, 0.25) is 0 Å². The molecule has 1 aromatic rings. The molecule has 1 saturated heterocycles. The normalized spacial score (nSPS) is 20.6. The lowest BCUT2D eigenvalue weighted by Crippen LogP contribution is -2.25. The van der Waals surface area contributed by atoms with E-state index in [0.29, 0.717) is 30.2 Å². The molecular formula is C14H19NO5. The van der Waals surface area contributed by atoms with Gasteiger partial charge in [-0.15, -0.1) is 0 Å². The fourth-order valence-electron chi connectivity index (χ4n) is 1.96. The van der Waals surface area contributed by atoms with Gasteiger partial charge in [0, 0.05) is 11.8 Å². The zero-order valence-corrected chi connectivity index (χ0v) is 11.8. The molecule has 1 aliphatic rings. The van der Waals surface area contributed by atoms with Gasteiger partial charge in [0.1, 0.15) is 18.5 Å². The fourth-order valence-corrected chi connectivity index (χ4v) is 1.96. The summed E-state index contributed by atoms with van der Waals surface area (Å²) < 4.78 is 21.3. The summed E-state index contributed by atoms with van der Waals surface area (Å²) in [5.74, 6) is -0.464. The molecule has 1 atom stereocenters. The smallest absolute Gasteiger partial charge is 0.339 e. The Morgan fingerprint density at radius 3 is 2.80 bits per heavy atom. The number of ether oxygens (including phenoxy) is 4. The molecule has 1 fully saturated rings. The maximum Gasteiger partial charge on any atom is 0.339 e. The summed E-state index contributed by atoms with van der Waals surface area (Å²) in [6.07, 6.45) is -0.119. The van der Waals surface area contributed by atoms with E-state index in [1.165, 1.54) is 7.11 Å². The molecule has 6 nitrogen and oxygen atoms in total. The number of carbonyl (C=O) groups excluding carboxylic acids is 1. The van der Waals surface area contributed by atoms with E-state index in [1.807, 2.05) is 13.8 Å². The lowest BCUT2D eigenvalue weighted by Gasteiger charge is -2.17. The van der Waals surface area contributed by atoms with Crippen LogP contribution in [0.3, 0.4) is 0 Å². The standard InChI is InChI=1S/C14H19NO5/c1-14(2)19-8-10(20-14)7-18-9-4-5-11(12(15)6-9)13(16)17-3/h4-6,10H,7-8,15H2,1-3H3. The van der Waals surface area contributed by atoms with Gasteiger partial charge < -0.3 is 24.7 Å². The first kappa shape index (κ1) is 14.6. The first-order valence-corrected chi connectivity index (χ1v) is 6.34. The van der Waals surface area contributed by atoms with Crippen molar-refractivity contribution in [3.05, 3.63) is 23.8 Å². The SMILES string of the molecule is COC(=O)c1ccc(OCC2COC(C)(C)O2)cc1N. The average Bonchev–Trinajstić information content (AvgIpc) is 2.75. The largest absolute Gasteiger partial charge is 0.491 e. The van der Waals surface area contributed by atoms with Crippen molar-refractivity contribution in [2.45, 2.75) is 25.7 Å². The lowest BCUT2D eigenvalue weighted by molar-refractivity contribution is -0.141. The molecule has 6 heteroatoms. The Bertz CT molecular complexity index is 500. The molecule has 0 aromatic heterocycles. The molecule has 110 valence electrons. The van der Waals surface area contributed by atoms with Crippen molar-refractivity contribution in [1.82, 2.24) is 0 Å². The van der Waals surface area contributed by atoms with E-state index in [9.17, 15) is 4.79 Å². The van der Waals surface area contributed by atoms with E-state index >= 15 is 0 Å². The Balaban J connectivity index is 1.94. The van der Waals surface area contributed by atoms with Crippen molar-refractivity contribution in [2.24, 2.45) is 0 Å². The van der Waals surface area contributed by atoms with Crippen molar-refractivity contribution >= 4 is 11.7 Å². The van der Waals surface area contributed by atoms with Crippen LogP contribution < -0.4 is 10.5 Å². The van der Waals surface area contributed by atoms with Crippen LogP contribution in [0, 0.1) is 0 Å². The Morgan fingerprint density at radius 1 is 1.50 bits per heavy atom. The van der Waals surface area contributed by atoms with Crippen LogP contribution in [0.2, 0.25) is 0 Å². The molecule has 1 unspecified atom stereocenters. The number of nitrogen functional groups attached to an aromatic ring is 1. The summed E-state index contributed by atoms with van der Waals surface area (Å²) in [5.41, 5.74) is 6.43. The summed E-state index contributed by atoms with van der Waals surface area (Å²) >= 11 is 0. The van der Waals surface area contributed by atoms with Crippen LogP contribution in [-0.4, -0.2) is 38.2 Å². The number of carbonyl (C=O) groups is 1. The molecule has 20 heavy (non-hydrogen) atoms. The van der Waals surface area contributed by atoms with Crippen molar-refractivity contribution in [3.63, 3.8) is 0 Å². The van der Waals surface area contributed by atoms with Crippen molar-refractivity contribution in [1.29, 1.82) is 0 Å². The second kappa shape index (κ2) is 5.68. The van der Waals surface area contributed by atoms with E-state index in [4.69, 9.17) is 19.9 Å². The number of hydrogen-bond donors (Lipinski definition) is 1. The van der Waals surface area contributed by atoms with Crippen molar-refractivity contribution < 1.29 is 23.7 Å². The monoisotopic (exact) mass is 281 g/mol. The zero-order chi connectivity index (χ0) is 14.8. The van der Waals surface area contributed by atoms with Crippen LogP contribution in [0.15, 0.2) is 18.2 Å². The lowest BCUT2D eigenvalue weighted by atomic mass is 10.2. The molecular weight excluding hydrogens is 262 g/mol. The van der Waals surface area contributed by atoms with Crippen molar-refractivity contribution in [2.75, 3.05) is 26.1 Å². The van der Waals surface area contributed by atoms with Crippen LogP contribution in [0.1, 0.15) is 24.2 Å². The summed E-state index contributed by atoms with van der Waals surface area (Å²) in [6, 6.07) is 4.84. The van der Waals surface area contributed by atoms with E-state index in [-0.39, 0.29) is 6.10 Å². The van der Waals surface area contributed by atoms with Gasteiger partial charge in [0.25, 0.3) is 0 Å². The topological polar surface area (TPSA) is 80.0 Å². The number of methoxy groups -OCH3 is 1. The minimum Gasteiger partial charge on any atom is -0.491 e. The quantitative estimate of drug-likeness (QED) is 0.667. The maximum atomic E-state index is 11.4. The first-order valence-electron chi connectivity index (χ1n) is 6.34. The number of hydrogen-bond acceptors (Lipinski definition) is 6. The Kier molecular flexibility index (Phi) is 4.15. The Morgan fingerprint density at radius 2 is 2.25 bits per heavy atom. The summed E-state index contributed by atoms with van der Waals surface area (Å²) in [5, 5.41) is 0. The Labute approximate surface area is 117 Å². The fraction of sp³-hybridized carbons (Fsp3) is 0.500. The molecule has 0 bridgehead atoms. The number of rotatable bonds is 4. The van der Waals surface area contributed by atoms with Gasteiger partial charge in [0.05, 0.1) is 19.3 Å². The summed E-state index contributed by atoms with van der Waals surface area (Å²) in [7, 11) is 1.31. The zero-order valence-electron chi connectivity index (χ0n) is 11.8. The predicted octanol–water partition coefficient (Wildman–Crippen LogP) is 1.59. The van der Waals surface area contributed by atoms with Gasteiger partial charge in [0.15, 0.2) is 5.79 Å². The van der Waals surface area contributed by atoms with Gasteiger partial charge in [-0.3, -0.25) is 0 Å². The number of benzene rings is 1. The summed E-state index contributed by atoms with van der Waals surface area (Å²) in [6.45, 7) is 4.56. The molecule has 2 N–H and O–H groups in total. The van der Waals surface area contributed by atoms with Crippen LogP contribution in [-0.2, 0) is 14.2 Å². The van der Waals surface area contributed by atoms with E-state index in [0.717, 1.165) is 0 Å². The van der Waals surface area contributed by atoms with Gasteiger partial charge >= 0.3 is 5.97 Å². The highest BCUT2D eigenvalue weighted by Crippen LogP contribution is 2.24. The van der Waals surface area contributed by atoms with Crippen LogP contribution >= 0.6 is 0 Å². The molecule has 0 radical (unpaired) electrons. The average molecular weight is 281 g/mol. The molecule has 0 saturated carbocycles. The molecule has 0 spiro atoms. The highest BCUT2D eigenvalue weighted by molar-refractivity contribution is 5.95. The highest BCUT2D eigenvalue weighted by atomic mass is 16.7. The predicted molar refractivity (Wildman–Crippen MR) is 72.6 cm³/mol. The van der Waals surface area contributed by atoms with Gasteiger partial charge in [-0.25, -0.2) is 4.79 Å². The summed E-state index contributed by atoms with van der Waals surface area (Å²) in [4.78, 5) is 11.4. The molecule has 1 heterocycles. The minimum atomic E-state index is -0.568. The van der Waals surface area contributed by atoms with E-state index in [2.05, 4.69) is 4.74 Å². The third-order valence-electron chi connectivity index (χ3n) is 2.93. The minimum absolute atomic E-state index is 0.119. The third kappa shape index (κ3) is 3.40. The second-order valence-corrected chi connectivity index (χ2v) is 5.00. The van der Waals surface area contributed by atoms with Gasteiger partial charge in [-0.2, -0.15) is 0 Å². The van der Waals surface area contributed by atoms with Crippen LogP contribution in [0.25, 0.3) is 0 Å². The van der Waals surface area contributed by atoms with E-state index in [1.54, 1.807) is 18.2 Å². The van der Waals surface area contributed by atoms with Gasteiger partial charge in [-0.05, 0) is 26.0 Å². The Hall–Kier alpha value is -1.79. The highest BCUT2D eigenvalue weighted by Gasteiger charge is 2.32. The molecule has 2 rings (SSSR count). The molecule has 1 aromatic carbocycles. The maximum absolute atomic E-state index is 11.4. The van der Waals surface area contributed by atoms with Crippen molar-refractivity contribution in [3.8, 4) is 5.75 Å². The van der Waals surface area contributed by atoms with Crippen LogP contribution in [0.4, 0.5) is 5.69 Å². The number of esters is 1. The van der Waals surface area contributed by atoms with Crippen LogP contribution in [0.5, 0.6) is 5.75 Å². The number of anilines is 1. The molecule has 0 aliphatic carbocycles. The first-order chi connectivity index (χ1) is 9.41. The third-order valence-corrected chi connectivity index (χ3v) is 2.93. The number of nitrogens with two attached hydrogens (primary N) is 1. The second-order valence-electron chi connectivity index (χ2n) is 5.00. The van der Waals surface area contributed by atoms with E-state index < -0.39 is 11.8 Å².